The van der Waals surface area contributed by atoms with E-state index in [1.165, 1.54) is 0 Å². The lowest BCUT2D eigenvalue weighted by atomic mass is 9.98. The van der Waals surface area contributed by atoms with Gasteiger partial charge in [-0.2, -0.15) is 0 Å². The summed E-state index contributed by atoms with van der Waals surface area (Å²) >= 11 is 10.6. The number of rotatable bonds is 5. The summed E-state index contributed by atoms with van der Waals surface area (Å²) in [5, 5.41) is 26.8. The van der Waals surface area contributed by atoms with Crippen LogP contribution in [-0.4, -0.2) is 51.2 Å². The Hall–Kier alpha value is 0.130. The zero-order chi connectivity index (χ0) is 9.78. The first kappa shape index (κ1) is 12.1. The molecule has 1 atom stereocenters. The Bertz CT molecular complexity index is 158. The van der Waals surface area contributed by atoms with Gasteiger partial charge in [0, 0.05) is 0 Å². The highest BCUT2D eigenvalue weighted by molar-refractivity contribution is 6.22. The fourth-order valence-corrected chi connectivity index (χ4v) is 1.15. The molecule has 0 spiro atoms. The maximum absolute atomic E-state index is 10.7. The van der Waals surface area contributed by atoms with Crippen LogP contribution in [-0.2, 0) is 4.79 Å². The predicted molar refractivity (Wildman–Crippen MR) is 44.5 cm³/mol. The SMILES string of the molecule is O=C(CO)C(O)C(O)(CCl)CCl. The zero-order valence-corrected chi connectivity index (χ0v) is 7.72. The monoisotopic (exact) mass is 216 g/mol. The number of Topliss-reactive ketones (excluding diaryl/α,β-unsaturated/α-hetero) is 1. The van der Waals surface area contributed by atoms with Gasteiger partial charge in [0.2, 0.25) is 0 Å². The van der Waals surface area contributed by atoms with Crippen molar-refractivity contribution >= 4 is 29.0 Å². The van der Waals surface area contributed by atoms with E-state index in [0.29, 0.717) is 0 Å². The number of aliphatic hydroxyl groups excluding tert-OH is 2. The van der Waals surface area contributed by atoms with Gasteiger partial charge in [-0.25, -0.2) is 0 Å². The first-order chi connectivity index (χ1) is 5.51. The van der Waals surface area contributed by atoms with Crippen molar-refractivity contribution in [2.75, 3.05) is 18.4 Å². The van der Waals surface area contributed by atoms with Gasteiger partial charge < -0.3 is 15.3 Å². The molecule has 6 heteroatoms. The van der Waals surface area contributed by atoms with E-state index in [1.807, 2.05) is 0 Å². The quantitative estimate of drug-likeness (QED) is 0.522. The number of ketones is 1. The minimum atomic E-state index is -1.86. The van der Waals surface area contributed by atoms with Crippen LogP contribution in [0.25, 0.3) is 0 Å². The van der Waals surface area contributed by atoms with E-state index in [9.17, 15) is 9.90 Å². The summed E-state index contributed by atoms with van der Waals surface area (Å²) < 4.78 is 0. The van der Waals surface area contributed by atoms with Crippen LogP contribution >= 0.6 is 23.2 Å². The molecule has 0 saturated carbocycles. The molecule has 72 valence electrons. The highest BCUT2D eigenvalue weighted by atomic mass is 35.5. The van der Waals surface area contributed by atoms with Gasteiger partial charge in [-0.1, -0.05) is 0 Å². The highest BCUT2D eigenvalue weighted by Crippen LogP contribution is 2.15. The zero-order valence-electron chi connectivity index (χ0n) is 6.20. The summed E-state index contributed by atoms with van der Waals surface area (Å²) in [5.74, 6) is -1.65. The maximum Gasteiger partial charge on any atom is 0.189 e. The van der Waals surface area contributed by atoms with E-state index in [2.05, 4.69) is 0 Å². The molecule has 0 bridgehead atoms. The van der Waals surface area contributed by atoms with Crippen molar-refractivity contribution in [3.8, 4) is 0 Å². The Balaban J connectivity index is 4.40. The minimum absolute atomic E-state index is 0.372. The van der Waals surface area contributed by atoms with Crippen LogP contribution in [0.5, 0.6) is 0 Å². The van der Waals surface area contributed by atoms with Crippen LogP contribution in [0, 0.1) is 0 Å². The third kappa shape index (κ3) is 2.57. The van der Waals surface area contributed by atoms with Gasteiger partial charge in [-0.3, -0.25) is 4.79 Å². The normalized spacial score (nSPS) is 14.4. The van der Waals surface area contributed by atoms with Crippen molar-refractivity contribution in [1.29, 1.82) is 0 Å². The predicted octanol–water partition coefficient (Wildman–Crippen LogP) is -0.883. The van der Waals surface area contributed by atoms with E-state index in [0.717, 1.165) is 0 Å². The molecule has 0 rings (SSSR count). The van der Waals surface area contributed by atoms with Gasteiger partial charge >= 0.3 is 0 Å². The molecule has 0 aliphatic heterocycles. The fraction of sp³-hybridized carbons (Fsp3) is 0.833. The second-order valence-electron chi connectivity index (χ2n) is 2.40. The summed E-state index contributed by atoms with van der Waals surface area (Å²) in [6.07, 6.45) is -1.74. The molecule has 0 heterocycles. The van der Waals surface area contributed by atoms with E-state index < -0.39 is 24.1 Å². The highest BCUT2D eigenvalue weighted by Gasteiger charge is 2.38. The van der Waals surface area contributed by atoms with E-state index in [1.54, 1.807) is 0 Å². The van der Waals surface area contributed by atoms with Gasteiger partial charge in [-0.15, -0.1) is 23.2 Å². The minimum Gasteiger partial charge on any atom is -0.388 e. The number of halogens is 2. The fourth-order valence-electron chi connectivity index (χ4n) is 0.568. The first-order valence-corrected chi connectivity index (χ1v) is 4.24. The average molecular weight is 217 g/mol. The van der Waals surface area contributed by atoms with Crippen LogP contribution in [0.15, 0.2) is 0 Å². The van der Waals surface area contributed by atoms with Gasteiger partial charge in [0.15, 0.2) is 5.78 Å². The largest absolute Gasteiger partial charge is 0.388 e. The number of hydrogen-bond donors (Lipinski definition) is 3. The first-order valence-electron chi connectivity index (χ1n) is 3.17. The Kier molecular flexibility index (Phi) is 5.04. The molecule has 0 aromatic carbocycles. The average Bonchev–Trinajstić information content (AvgIpc) is 2.14. The molecule has 0 saturated heterocycles. The Morgan fingerprint density at radius 2 is 1.83 bits per heavy atom. The molecule has 0 aromatic heterocycles. The maximum atomic E-state index is 10.7. The molecule has 0 aromatic rings. The molecule has 4 nitrogen and oxygen atoms in total. The summed E-state index contributed by atoms with van der Waals surface area (Å²) in [6, 6.07) is 0. The lowest BCUT2D eigenvalue weighted by Crippen LogP contribution is -2.51. The second-order valence-corrected chi connectivity index (χ2v) is 2.93. The number of carbonyl (C=O) groups is 1. The third-order valence-corrected chi connectivity index (χ3v) is 2.36. The molecule has 3 N–H and O–H groups in total. The standard InChI is InChI=1S/C6H10Cl2O4/c7-2-6(12,3-8)5(11)4(10)1-9/h5,9,11-12H,1-3H2. The summed E-state index contributed by atoms with van der Waals surface area (Å²) in [4.78, 5) is 10.7. The molecule has 1 unspecified atom stereocenters. The Morgan fingerprint density at radius 3 is 2.08 bits per heavy atom. The number of carbonyl (C=O) groups excluding carboxylic acids is 1. The van der Waals surface area contributed by atoms with Crippen molar-refractivity contribution in [1.82, 2.24) is 0 Å². The van der Waals surface area contributed by atoms with Gasteiger partial charge in [0.1, 0.15) is 18.3 Å². The van der Waals surface area contributed by atoms with Crippen LogP contribution in [0.2, 0.25) is 0 Å². The number of alkyl halides is 2. The van der Waals surface area contributed by atoms with Crippen LogP contribution in [0.3, 0.4) is 0 Å². The lowest BCUT2D eigenvalue weighted by Gasteiger charge is -2.27. The van der Waals surface area contributed by atoms with Crippen LogP contribution in [0.4, 0.5) is 0 Å². The molecule has 12 heavy (non-hydrogen) atoms. The molecule has 0 amide bonds. The smallest absolute Gasteiger partial charge is 0.189 e. The van der Waals surface area contributed by atoms with Crippen LogP contribution in [0.1, 0.15) is 0 Å². The van der Waals surface area contributed by atoms with Crippen molar-refractivity contribution in [3.63, 3.8) is 0 Å². The number of aliphatic hydroxyl groups is 3. The Morgan fingerprint density at radius 1 is 1.42 bits per heavy atom. The molecule has 0 radical (unpaired) electrons. The topological polar surface area (TPSA) is 77.8 Å². The molecular weight excluding hydrogens is 207 g/mol. The van der Waals surface area contributed by atoms with Crippen molar-refractivity contribution in [3.05, 3.63) is 0 Å². The molecule has 0 aliphatic carbocycles. The second kappa shape index (κ2) is 4.99. The molecular formula is C6H10Cl2O4. The van der Waals surface area contributed by atoms with Crippen molar-refractivity contribution in [2.45, 2.75) is 11.7 Å². The van der Waals surface area contributed by atoms with Crippen LogP contribution < -0.4 is 0 Å². The Labute approximate surface area is 79.7 Å². The summed E-state index contributed by atoms with van der Waals surface area (Å²) in [6.45, 7) is -0.850. The summed E-state index contributed by atoms with van der Waals surface area (Å²) in [7, 11) is 0. The molecule has 0 aliphatic rings. The van der Waals surface area contributed by atoms with Crippen molar-refractivity contribution in [2.24, 2.45) is 0 Å². The molecule has 0 fully saturated rings. The van der Waals surface area contributed by atoms with E-state index in [-0.39, 0.29) is 11.8 Å². The van der Waals surface area contributed by atoms with E-state index >= 15 is 0 Å². The third-order valence-electron chi connectivity index (χ3n) is 1.43. The van der Waals surface area contributed by atoms with Gasteiger partial charge in [-0.05, 0) is 0 Å². The lowest BCUT2D eigenvalue weighted by molar-refractivity contribution is -0.141. The van der Waals surface area contributed by atoms with Gasteiger partial charge in [0.25, 0.3) is 0 Å². The number of hydrogen-bond acceptors (Lipinski definition) is 4. The summed E-state index contributed by atoms with van der Waals surface area (Å²) in [5.41, 5.74) is -1.86. The van der Waals surface area contributed by atoms with Crippen molar-refractivity contribution < 1.29 is 20.1 Å². The van der Waals surface area contributed by atoms with Gasteiger partial charge in [0.05, 0.1) is 11.8 Å². The van der Waals surface area contributed by atoms with E-state index in [4.69, 9.17) is 33.4 Å².